The lowest BCUT2D eigenvalue weighted by atomic mass is 10.1. The van der Waals surface area contributed by atoms with Crippen molar-refractivity contribution in [2.24, 2.45) is 11.7 Å². The number of allylic oxidation sites excluding steroid dienone is 2. The second-order valence-corrected chi connectivity index (χ2v) is 3.26. The van der Waals surface area contributed by atoms with E-state index in [0.29, 0.717) is 18.0 Å². The van der Waals surface area contributed by atoms with Crippen molar-refractivity contribution in [1.82, 2.24) is 0 Å². The molecule has 76 valence electrons. The standard InChI is InChI=1S/C11H15NO2/c1-8-3-4-10(11(13)14-2)6-9(5-8)7-12/h3-6,8H,7,12H2,1-2H3. The van der Waals surface area contributed by atoms with Crippen LogP contribution in [-0.2, 0) is 9.53 Å². The zero-order valence-corrected chi connectivity index (χ0v) is 8.49. The van der Waals surface area contributed by atoms with E-state index in [1.807, 2.05) is 19.1 Å². The Balaban J connectivity index is 2.96. The number of carbonyl (C=O) groups is 1. The maximum absolute atomic E-state index is 11.3. The van der Waals surface area contributed by atoms with Crippen LogP contribution in [0.15, 0.2) is 35.5 Å². The van der Waals surface area contributed by atoms with Crippen LogP contribution in [-0.4, -0.2) is 19.6 Å². The molecular formula is C11H15NO2. The Hall–Kier alpha value is -1.35. The molecule has 0 aromatic carbocycles. The highest BCUT2D eigenvalue weighted by Gasteiger charge is 2.10. The smallest absolute Gasteiger partial charge is 0.337 e. The fourth-order valence-electron chi connectivity index (χ4n) is 1.32. The lowest BCUT2D eigenvalue weighted by Gasteiger charge is -2.00. The van der Waals surface area contributed by atoms with Crippen LogP contribution >= 0.6 is 0 Å². The zero-order valence-electron chi connectivity index (χ0n) is 8.49. The van der Waals surface area contributed by atoms with Gasteiger partial charge in [-0.2, -0.15) is 0 Å². The molecule has 14 heavy (non-hydrogen) atoms. The van der Waals surface area contributed by atoms with Crippen LogP contribution in [0, 0.1) is 5.92 Å². The molecule has 0 radical (unpaired) electrons. The number of nitrogens with two attached hydrogens (primary N) is 1. The minimum absolute atomic E-state index is 0.298. The molecule has 1 aliphatic rings. The summed E-state index contributed by atoms with van der Waals surface area (Å²) in [5.41, 5.74) is 7.06. The van der Waals surface area contributed by atoms with Gasteiger partial charge < -0.3 is 10.5 Å². The van der Waals surface area contributed by atoms with Crippen molar-refractivity contribution in [3.05, 3.63) is 35.5 Å². The summed E-state index contributed by atoms with van der Waals surface area (Å²) >= 11 is 0. The van der Waals surface area contributed by atoms with Crippen molar-refractivity contribution in [2.45, 2.75) is 6.92 Å². The van der Waals surface area contributed by atoms with Crippen LogP contribution in [0.3, 0.4) is 0 Å². The van der Waals surface area contributed by atoms with Gasteiger partial charge in [-0.15, -0.1) is 0 Å². The molecule has 0 aromatic rings. The van der Waals surface area contributed by atoms with E-state index in [2.05, 4.69) is 4.74 Å². The van der Waals surface area contributed by atoms with E-state index in [0.717, 1.165) is 5.57 Å². The number of hydrogen-bond donors (Lipinski definition) is 1. The van der Waals surface area contributed by atoms with Crippen molar-refractivity contribution in [1.29, 1.82) is 0 Å². The van der Waals surface area contributed by atoms with E-state index >= 15 is 0 Å². The van der Waals surface area contributed by atoms with Gasteiger partial charge in [0.05, 0.1) is 12.7 Å². The SMILES string of the molecule is COC(=O)C1=CC(CN)=CC(C)C=C1. The van der Waals surface area contributed by atoms with Crippen LogP contribution in [0.1, 0.15) is 6.92 Å². The summed E-state index contributed by atoms with van der Waals surface area (Å²) < 4.78 is 4.65. The third kappa shape index (κ3) is 2.57. The summed E-state index contributed by atoms with van der Waals surface area (Å²) in [4.78, 5) is 11.3. The van der Waals surface area contributed by atoms with Crippen molar-refractivity contribution in [2.75, 3.05) is 13.7 Å². The van der Waals surface area contributed by atoms with Crippen molar-refractivity contribution < 1.29 is 9.53 Å². The Kier molecular flexibility index (Phi) is 3.65. The van der Waals surface area contributed by atoms with Gasteiger partial charge in [-0.25, -0.2) is 4.79 Å². The third-order valence-corrected chi connectivity index (χ3v) is 2.05. The van der Waals surface area contributed by atoms with Crippen LogP contribution in [0.4, 0.5) is 0 Å². The summed E-state index contributed by atoms with van der Waals surface area (Å²) in [6.45, 7) is 2.48. The molecule has 0 fully saturated rings. The Morgan fingerprint density at radius 1 is 1.64 bits per heavy atom. The lowest BCUT2D eigenvalue weighted by Crippen LogP contribution is -2.06. The molecule has 0 heterocycles. The minimum atomic E-state index is -0.324. The second kappa shape index (κ2) is 4.77. The average Bonchev–Trinajstić information content (AvgIpc) is 2.38. The van der Waals surface area contributed by atoms with Crippen molar-refractivity contribution in [3.8, 4) is 0 Å². The largest absolute Gasteiger partial charge is 0.465 e. The number of carbonyl (C=O) groups excluding carboxylic acids is 1. The predicted molar refractivity (Wildman–Crippen MR) is 55.5 cm³/mol. The van der Waals surface area contributed by atoms with E-state index in [1.54, 1.807) is 12.2 Å². The molecule has 2 N–H and O–H groups in total. The first-order valence-electron chi connectivity index (χ1n) is 4.56. The molecule has 1 atom stereocenters. The molecule has 0 spiro atoms. The van der Waals surface area contributed by atoms with Crippen LogP contribution in [0.25, 0.3) is 0 Å². The predicted octanol–water partition coefficient (Wildman–Crippen LogP) is 1.18. The molecule has 0 bridgehead atoms. The summed E-state index contributed by atoms with van der Waals surface area (Å²) in [5.74, 6) is -0.0262. The number of esters is 1. The van der Waals surface area contributed by atoms with E-state index in [4.69, 9.17) is 5.73 Å². The number of ether oxygens (including phenoxy) is 1. The van der Waals surface area contributed by atoms with Gasteiger partial charge in [0.25, 0.3) is 0 Å². The fourth-order valence-corrected chi connectivity index (χ4v) is 1.32. The van der Waals surface area contributed by atoms with Gasteiger partial charge >= 0.3 is 5.97 Å². The molecule has 0 saturated heterocycles. The molecule has 0 aliphatic heterocycles. The van der Waals surface area contributed by atoms with Gasteiger partial charge in [-0.05, 0) is 17.6 Å². The topological polar surface area (TPSA) is 52.3 Å². The van der Waals surface area contributed by atoms with E-state index < -0.39 is 0 Å². The molecule has 0 aromatic heterocycles. The van der Waals surface area contributed by atoms with Gasteiger partial charge in [0.15, 0.2) is 0 Å². The summed E-state index contributed by atoms with van der Waals surface area (Å²) in [6.07, 6.45) is 7.53. The van der Waals surface area contributed by atoms with E-state index in [9.17, 15) is 4.79 Å². The average molecular weight is 193 g/mol. The van der Waals surface area contributed by atoms with Gasteiger partial charge in [-0.1, -0.05) is 25.2 Å². The molecule has 3 heteroatoms. The molecule has 1 unspecified atom stereocenters. The molecule has 1 aliphatic carbocycles. The minimum Gasteiger partial charge on any atom is -0.465 e. The monoisotopic (exact) mass is 193 g/mol. The Morgan fingerprint density at radius 2 is 2.36 bits per heavy atom. The number of rotatable bonds is 2. The van der Waals surface area contributed by atoms with Gasteiger partial charge in [-0.3, -0.25) is 0 Å². The van der Waals surface area contributed by atoms with Crippen LogP contribution in [0.5, 0.6) is 0 Å². The quantitative estimate of drug-likeness (QED) is 0.670. The maximum atomic E-state index is 11.3. The highest BCUT2D eigenvalue weighted by molar-refractivity contribution is 5.92. The Bertz CT molecular complexity index is 313. The van der Waals surface area contributed by atoms with Crippen LogP contribution in [0.2, 0.25) is 0 Å². The maximum Gasteiger partial charge on any atom is 0.337 e. The second-order valence-electron chi connectivity index (χ2n) is 3.26. The van der Waals surface area contributed by atoms with Crippen molar-refractivity contribution >= 4 is 5.97 Å². The zero-order chi connectivity index (χ0) is 10.6. The van der Waals surface area contributed by atoms with E-state index in [1.165, 1.54) is 7.11 Å². The normalized spacial score (nSPS) is 20.9. The molecule has 0 saturated carbocycles. The first kappa shape index (κ1) is 10.7. The highest BCUT2D eigenvalue weighted by atomic mass is 16.5. The number of hydrogen-bond acceptors (Lipinski definition) is 3. The Morgan fingerprint density at radius 3 is 2.93 bits per heavy atom. The summed E-state index contributed by atoms with van der Waals surface area (Å²) in [6, 6.07) is 0. The molecule has 1 rings (SSSR count). The lowest BCUT2D eigenvalue weighted by molar-refractivity contribution is -0.135. The molecular weight excluding hydrogens is 178 g/mol. The van der Waals surface area contributed by atoms with Crippen molar-refractivity contribution in [3.63, 3.8) is 0 Å². The third-order valence-electron chi connectivity index (χ3n) is 2.05. The first-order valence-corrected chi connectivity index (χ1v) is 4.56. The van der Waals surface area contributed by atoms with Crippen LogP contribution < -0.4 is 5.73 Å². The molecule has 3 nitrogen and oxygen atoms in total. The van der Waals surface area contributed by atoms with E-state index in [-0.39, 0.29) is 5.97 Å². The first-order chi connectivity index (χ1) is 6.67. The molecule has 0 amide bonds. The Labute approximate surface area is 83.9 Å². The number of methoxy groups -OCH3 is 1. The van der Waals surface area contributed by atoms with Gasteiger partial charge in [0.2, 0.25) is 0 Å². The van der Waals surface area contributed by atoms with Gasteiger partial charge in [0.1, 0.15) is 0 Å². The highest BCUT2D eigenvalue weighted by Crippen LogP contribution is 2.15. The van der Waals surface area contributed by atoms with Gasteiger partial charge in [0, 0.05) is 6.54 Å². The fraction of sp³-hybridized carbons (Fsp3) is 0.364. The summed E-state index contributed by atoms with van der Waals surface area (Å²) in [5, 5.41) is 0. The summed E-state index contributed by atoms with van der Waals surface area (Å²) in [7, 11) is 1.37.